The minimum absolute atomic E-state index is 0.0230. The van der Waals surface area contributed by atoms with Gasteiger partial charge in [0.15, 0.2) is 5.11 Å². The number of nitro groups is 1. The molecule has 0 aliphatic carbocycles. The number of nitrogens with one attached hydrogen (secondary N) is 2. The van der Waals surface area contributed by atoms with Gasteiger partial charge >= 0.3 is 0 Å². The van der Waals surface area contributed by atoms with Crippen LogP contribution >= 0.6 is 12.2 Å². The predicted molar refractivity (Wildman–Crippen MR) is 129 cm³/mol. The second-order valence-electron chi connectivity index (χ2n) is 7.00. The second kappa shape index (κ2) is 12.3. The van der Waals surface area contributed by atoms with E-state index >= 15 is 0 Å². The number of benzene rings is 2. The lowest BCUT2D eigenvalue weighted by Crippen LogP contribution is -2.33. The Morgan fingerprint density at radius 2 is 1.75 bits per heavy atom. The summed E-state index contributed by atoms with van der Waals surface area (Å²) < 4.78 is 0. The average molecular weight is 455 g/mol. The minimum atomic E-state index is -0.488. The molecule has 0 saturated carbocycles. The largest absolute Gasteiger partial charge is 0.339 e. The van der Waals surface area contributed by atoms with Crippen molar-refractivity contribution in [2.45, 2.75) is 26.7 Å². The van der Waals surface area contributed by atoms with Gasteiger partial charge in [-0.3, -0.25) is 25.0 Å². The van der Waals surface area contributed by atoms with Crippen molar-refractivity contribution in [3.8, 4) is 0 Å². The van der Waals surface area contributed by atoms with Gasteiger partial charge in [0.25, 0.3) is 11.6 Å². The van der Waals surface area contributed by atoms with Crippen LogP contribution in [0.3, 0.4) is 0 Å². The van der Waals surface area contributed by atoms with Crippen molar-refractivity contribution in [1.29, 1.82) is 0 Å². The van der Waals surface area contributed by atoms with Crippen molar-refractivity contribution >= 4 is 46.6 Å². The highest BCUT2D eigenvalue weighted by molar-refractivity contribution is 7.80. The topological polar surface area (TPSA) is 105 Å². The zero-order valence-electron chi connectivity index (χ0n) is 18.0. The summed E-state index contributed by atoms with van der Waals surface area (Å²) >= 11 is 5.19. The number of amides is 2. The third-order valence-corrected chi connectivity index (χ3v) is 4.61. The molecule has 32 heavy (non-hydrogen) atoms. The van der Waals surface area contributed by atoms with Crippen molar-refractivity contribution in [2.75, 3.05) is 18.4 Å². The molecule has 168 valence electrons. The van der Waals surface area contributed by atoms with E-state index in [0.717, 1.165) is 12.8 Å². The summed E-state index contributed by atoms with van der Waals surface area (Å²) in [6, 6.07) is 12.8. The van der Waals surface area contributed by atoms with E-state index in [9.17, 15) is 19.7 Å². The summed E-state index contributed by atoms with van der Waals surface area (Å²) in [5.41, 5.74) is 1.75. The summed E-state index contributed by atoms with van der Waals surface area (Å²) in [6.45, 7) is 5.45. The molecule has 0 bridgehead atoms. The Hall–Kier alpha value is -3.59. The molecule has 0 heterocycles. The maximum absolute atomic E-state index is 12.8. The maximum atomic E-state index is 12.8. The first kappa shape index (κ1) is 24.7. The molecule has 0 atom stereocenters. The summed E-state index contributed by atoms with van der Waals surface area (Å²) in [7, 11) is 0. The predicted octanol–water partition coefficient (Wildman–Crippen LogP) is 4.38. The van der Waals surface area contributed by atoms with E-state index in [-0.39, 0.29) is 16.7 Å². The highest BCUT2D eigenvalue weighted by Crippen LogP contribution is 2.14. The summed E-state index contributed by atoms with van der Waals surface area (Å²) in [5, 5.41) is 16.2. The Balaban J connectivity index is 1.96. The molecule has 9 heteroatoms. The second-order valence-corrected chi connectivity index (χ2v) is 7.41. The Bertz CT molecular complexity index is 999. The zero-order chi connectivity index (χ0) is 23.5. The lowest BCUT2D eigenvalue weighted by Gasteiger charge is -2.21. The van der Waals surface area contributed by atoms with E-state index in [1.165, 1.54) is 24.3 Å². The van der Waals surface area contributed by atoms with Crippen LogP contribution in [0, 0.1) is 10.1 Å². The van der Waals surface area contributed by atoms with Crippen molar-refractivity contribution in [2.24, 2.45) is 0 Å². The number of thiocarbonyl (C=S) groups is 1. The Morgan fingerprint density at radius 1 is 1.09 bits per heavy atom. The van der Waals surface area contributed by atoms with Crippen LogP contribution < -0.4 is 10.6 Å². The smallest absolute Gasteiger partial charge is 0.269 e. The van der Waals surface area contributed by atoms with Crippen LogP contribution in [0.15, 0.2) is 54.6 Å². The zero-order valence-corrected chi connectivity index (χ0v) is 18.9. The van der Waals surface area contributed by atoms with E-state index in [1.54, 1.807) is 36.4 Å². The van der Waals surface area contributed by atoms with Gasteiger partial charge < -0.3 is 10.2 Å². The molecule has 0 fully saturated rings. The number of rotatable bonds is 9. The van der Waals surface area contributed by atoms with Crippen molar-refractivity contribution < 1.29 is 14.5 Å². The number of hydrogen-bond donors (Lipinski definition) is 2. The van der Waals surface area contributed by atoms with Gasteiger partial charge in [-0.15, -0.1) is 0 Å². The van der Waals surface area contributed by atoms with Gasteiger partial charge in [0.1, 0.15) is 0 Å². The summed E-state index contributed by atoms with van der Waals surface area (Å²) in [4.78, 5) is 36.9. The molecule has 8 nitrogen and oxygen atoms in total. The van der Waals surface area contributed by atoms with Crippen molar-refractivity contribution in [3.05, 3.63) is 75.8 Å². The van der Waals surface area contributed by atoms with Crippen molar-refractivity contribution in [1.82, 2.24) is 10.2 Å². The highest BCUT2D eigenvalue weighted by Gasteiger charge is 2.14. The number of carbonyl (C=O) groups is 2. The first-order valence-electron chi connectivity index (χ1n) is 10.3. The summed E-state index contributed by atoms with van der Waals surface area (Å²) in [5.74, 6) is -0.497. The molecule has 0 spiro atoms. The third-order valence-electron chi connectivity index (χ3n) is 4.41. The highest BCUT2D eigenvalue weighted by atomic mass is 32.1. The first-order valence-corrected chi connectivity index (χ1v) is 10.7. The van der Waals surface area contributed by atoms with Gasteiger partial charge in [-0.2, -0.15) is 0 Å². The van der Waals surface area contributed by atoms with Crippen LogP contribution in [-0.2, 0) is 4.79 Å². The molecule has 2 aromatic rings. The molecule has 2 amide bonds. The molecular formula is C23H26N4O4S. The quantitative estimate of drug-likeness (QED) is 0.252. The van der Waals surface area contributed by atoms with Gasteiger partial charge in [-0.05, 0) is 67.0 Å². The maximum Gasteiger partial charge on any atom is 0.269 e. The van der Waals surface area contributed by atoms with Crippen molar-refractivity contribution in [3.63, 3.8) is 0 Å². The van der Waals surface area contributed by atoms with Gasteiger partial charge in [0.2, 0.25) is 5.91 Å². The van der Waals surface area contributed by atoms with Gasteiger partial charge in [0.05, 0.1) is 4.92 Å². The van der Waals surface area contributed by atoms with Crippen LogP contribution in [0.2, 0.25) is 0 Å². The first-order chi connectivity index (χ1) is 15.3. The molecular weight excluding hydrogens is 428 g/mol. The third kappa shape index (κ3) is 7.59. The molecule has 2 N–H and O–H groups in total. The van der Waals surface area contributed by atoms with Gasteiger partial charge in [-0.1, -0.05) is 19.9 Å². The average Bonchev–Trinajstić information content (AvgIpc) is 2.77. The Kier molecular flexibility index (Phi) is 9.49. The van der Waals surface area contributed by atoms with Crippen LogP contribution in [-0.4, -0.2) is 39.8 Å². The Labute approximate surface area is 192 Å². The summed E-state index contributed by atoms with van der Waals surface area (Å²) in [6.07, 6.45) is 4.57. The molecule has 0 aliphatic rings. The number of anilines is 1. The number of carbonyl (C=O) groups excluding carboxylic acids is 2. The van der Waals surface area contributed by atoms with E-state index in [1.807, 2.05) is 18.7 Å². The molecule has 0 aromatic heterocycles. The molecule has 0 radical (unpaired) electrons. The fraction of sp³-hybridized carbons (Fsp3) is 0.261. The molecule has 2 aromatic carbocycles. The molecule has 2 rings (SSSR count). The number of nitrogens with zero attached hydrogens (tertiary/aromatic N) is 2. The van der Waals surface area contributed by atoms with E-state index in [0.29, 0.717) is 29.9 Å². The van der Waals surface area contributed by atoms with E-state index in [4.69, 9.17) is 12.2 Å². The fourth-order valence-electron chi connectivity index (χ4n) is 2.96. The standard InChI is InChI=1S/C23H26N4O4S/c1-3-14-26(15-4-2)22(29)18-6-5-7-19(16-18)24-23(32)25-21(28)13-10-17-8-11-20(12-9-17)27(30)31/h5-13,16H,3-4,14-15H2,1-2H3,(H2,24,25,28,32)/b13-10+. The fourth-order valence-corrected chi connectivity index (χ4v) is 3.18. The van der Waals surface area contributed by atoms with Crippen LogP contribution in [0.5, 0.6) is 0 Å². The molecule has 0 aliphatic heterocycles. The number of nitro benzene ring substituents is 1. The lowest BCUT2D eigenvalue weighted by atomic mass is 10.1. The molecule has 0 unspecified atom stereocenters. The minimum Gasteiger partial charge on any atom is -0.339 e. The normalized spacial score (nSPS) is 10.6. The molecule has 0 saturated heterocycles. The van der Waals surface area contributed by atoms with Gasteiger partial charge in [-0.25, -0.2) is 0 Å². The van der Waals surface area contributed by atoms with Crippen LogP contribution in [0.4, 0.5) is 11.4 Å². The van der Waals surface area contributed by atoms with E-state index < -0.39 is 10.8 Å². The number of hydrogen-bond acceptors (Lipinski definition) is 5. The Morgan fingerprint density at radius 3 is 2.34 bits per heavy atom. The van der Waals surface area contributed by atoms with E-state index in [2.05, 4.69) is 10.6 Å². The van der Waals surface area contributed by atoms with Crippen LogP contribution in [0.1, 0.15) is 42.6 Å². The monoisotopic (exact) mass is 454 g/mol. The SMILES string of the molecule is CCCN(CCC)C(=O)c1cccc(NC(=S)NC(=O)/C=C/c2ccc([N+](=O)[O-])cc2)c1. The van der Waals surface area contributed by atoms with Crippen LogP contribution in [0.25, 0.3) is 6.08 Å². The van der Waals surface area contributed by atoms with Gasteiger partial charge in [0, 0.05) is 42.5 Å². The lowest BCUT2D eigenvalue weighted by molar-refractivity contribution is -0.384. The number of non-ortho nitro benzene ring substituents is 1.